The number of amides is 1. The van der Waals surface area contributed by atoms with Crippen molar-refractivity contribution < 1.29 is 13.9 Å². The minimum absolute atomic E-state index is 0.289. The first-order valence-electron chi connectivity index (χ1n) is 10.2. The molecule has 0 aliphatic rings. The van der Waals surface area contributed by atoms with Gasteiger partial charge in [0.05, 0.1) is 7.11 Å². The number of benzene rings is 3. The highest BCUT2D eigenvalue weighted by Crippen LogP contribution is 2.18. The van der Waals surface area contributed by atoms with Gasteiger partial charge in [0.15, 0.2) is 0 Å². The van der Waals surface area contributed by atoms with Gasteiger partial charge in [0.25, 0.3) is 5.91 Å². The number of hydrogen-bond acceptors (Lipinski definition) is 3. The molecule has 0 bridgehead atoms. The molecule has 0 aliphatic heterocycles. The minimum atomic E-state index is -0.337. The SMILES string of the molecule is COc1ccc(C(=O)NC(=NCCc2c[nH]c3ccccc23)Nc2ccc(F)cc2)cc1. The van der Waals surface area contributed by atoms with E-state index in [-0.39, 0.29) is 17.7 Å². The number of aliphatic imine (C=N–C) groups is 1. The molecule has 6 nitrogen and oxygen atoms in total. The van der Waals surface area contributed by atoms with Crippen LogP contribution in [0.5, 0.6) is 5.75 Å². The number of H-pyrrole nitrogens is 1. The first-order chi connectivity index (χ1) is 15.6. The summed E-state index contributed by atoms with van der Waals surface area (Å²) in [5, 5.41) is 7.03. The maximum Gasteiger partial charge on any atom is 0.257 e. The van der Waals surface area contributed by atoms with E-state index >= 15 is 0 Å². The third kappa shape index (κ3) is 5.13. The number of hydrogen-bond donors (Lipinski definition) is 3. The molecular weight excluding hydrogens is 407 g/mol. The van der Waals surface area contributed by atoms with Crippen LogP contribution in [-0.2, 0) is 6.42 Å². The molecule has 0 saturated heterocycles. The molecule has 0 spiro atoms. The van der Waals surface area contributed by atoms with E-state index in [1.807, 2.05) is 24.4 Å². The molecule has 3 aromatic carbocycles. The van der Waals surface area contributed by atoms with Gasteiger partial charge in [0.1, 0.15) is 11.6 Å². The van der Waals surface area contributed by atoms with Gasteiger partial charge in [-0.15, -0.1) is 0 Å². The zero-order valence-corrected chi connectivity index (χ0v) is 17.6. The molecule has 1 aromatic heterocycles. The number of fused-ring (bicyclic) bond motifs is 1. The fourth-order valence-corrected chi connectivity index (χ4v) is 3.33. The van der Waals surface area contributed by atoms with E-state index in [1.54, 1.807) is 43.5 Å². The molecule has 0 fully saturated rings. The number of nitrogens with zero attached hydrogens (tertiary/aromatic N) is 1. The van der Waals surface area contributed by atoms with Crippen LogP contribution in [0.2, 0.25) is 0 Å². The van der Waals surface area contributed by atoms with Crippen molar-refractivity contribution in [3.05, 3.63) is 95.9 Å². The second-order valence-electron chi connectivity index (χ2n) is 7.15. The van der Waals surface area contributed by atoms with Crippen LogP contribution < -0.4 is 15.4 Å². The van der Waals surface area contributed by atoms with Crippen LogP contribution >= 0.6 is 0 Å². The van der Waals surface area contributed by atoms with Gasteiger partial charge in [-0.2, -0.15) is 0 Å². The maximum absolute atomic E-state index is 13.3. The molecule has 162 valence electrons. The Balaban J connectivity index is 1.50. The van der Waals surface area contributed by atoms with E-state index < -0.39 is 0 Å². The van der Waals surface area contributed by atoms with Crippen molar-refractivity contribution in [3.8, 4) is 5.75 Å². The van der Waals surface area contributed by atoms with E-state index in [4.69, 9.17) is 4.74 Å². The number of rotatable bonds is 6. The quantitative estimate of drug-likeness (QED) is 0.305. The van der Waals surface area contributed by atoms with Crippen molar-refractivity contribution in [2.75, 3.05) is 19.0 Å². The summed E-state index contributed by atoms with van der Waals surface area (Å²) in [6.07, 6.45) is 2.67. The highest BCUT2D eigenvalue weighted by Gasteiger charge is 2.10. The zero-order chi connectivity index (χ0) is 22.3. The highest BCUT2D eigenvalue weighted by molar-refractivity contribution is 6.10. The van der Waals surface area contributed by atoms with Crippen molar-refractivity contribution in [1.82, 2.24) is 10.3 Å². The third-order valence-electron chi connectivity index (χ3n) is 5.02. The fourth-order valence-electron chi connectivity index (χ4n) is 3.33. The number of nitrogens with one attached hydrogen (secondary N) is 3. The van der Waals surface area contributed by atoms with Gasteiger partial charge in [-0.05, 0) is 66.6 Å². The zero-order valence-electron chi connectivity index (χ0n) is 17.6. The number of carbonyl (C=O) groups is 1. The molecule has 4 rings (SSSR count). The number of aromatic amines is 1. The Labute approximate surface area is 185 Å². The number of halogens is 1. The number of ether oxygens (including phenoxy) is 1. The van der Waals surface area contributed by atoms with Crippen LogP contribution in [0.3, 0.4) is 0 Å². The van der Waals surface area contributed by atoms with E-state index in [0.29, 0.717) is 30.0 Å². The maximum atomic E-state index is 13.3. The summed E-state index contributed by atoms with van der Waals surface area (Å²) in [6.45, 7) is 0.453. The van der Waals surface area contributed by atoms with Gasteiger partial charge in [0, 0.05) is 34.9 Å². The lowest BCUT2D eigenvalue weighted by atomic mass is 10.1. The van der Waals surface area contributed by atoms with Crippen LogP contribution in [0.4, 0.5) is 10.1 Å². The average Bonchev–Trinajstić information content (AvgIpc) is 3.23. The number of para-hydroxylation sites is 1. The summed E-state index contributed by atoms with van der Waals surface area (Å²) >= 11 is 0. The van der Waals surface area contributed by atoms with E-state index in [0.717, 1.165) is 16.5 Å². The summed E-state index contributed by atoms with van der Waals surface area (Å²) in [5.74, 6) is 0.305. The first kappa shape index (κ1) is 21.1. The third-order valence-corrected chi connectivity index (χ3v) is 5.02. The summed E-state index contributed by atoms with van der Waals surface area (Å²) in [7, 11) is 1.57. The summed E-state index contributed by atoms with van der Waals surface area (Å²) in [4.78, 5) is 20.5. The predicted molar refractivity (Wildman–Crippen MR) is 125 cm³/mol. The number of guanidine groups is 1. The van der Waals surface area contributed by atoms with E-state index in [2.05, 4.69) is 26.7 Å². The molecule has 0 aliphatic carbocycles. The van der Waals surface area contributed by atoms with Gasteiger partial charge < -0.3 is 15.0 Å². The van der Waals surface area contributed by atoms with Gasteiger partial charge in [-0.25, -0.2) is 4.39 Å². The molecule has 0 atom stereocenters. The van der Waals surface area contributed by atoms with Crippen molar-refractivity contribution >= 4 is 28.5 Å². The minimum Gasteiger partial charge on any atom is -0.497 e. The molecule has 7 heteroatoms. The highest BCUT2D eigenvalue weighted by atomic mass is 19.1. The Bertz CT molecular complexity index is 1230. The van der Waals surface area contributed by atoms with Gasteiger partial charge in [-0.3, -0.25) is 15.1 Å². The predicted octanol–water partition coefficient (Wildman–Crippen LogP) is 4.76. The van der Waals surface area contributed by atoms with Crippen LogP contribution in [0.1, 0.15) is 15.9 Å². The summed E-state index contributed by atoms with van der Waals surface area (Å²) < 4.78 is 18.4. The lowest BCUT2D eigenvalue weighted by Gasteiger charge is -2.12. The molecule has 1 amide bonds. The number of anilines is 1. The first-order valence-corrected chi connectivity index (χ1v) is 10.2. The Morgan fingerprint density at radius 3 is 2.53 bits per heavy atom. The summed E-state index contributed by atoms with van der Waals surface area (Å²) in [5.41, 5.74) is 3.30. The van der Waals surface area contributed by atoms with E-state index in [9.17, 15) is 9.18 Å². The van der Waals surface area contributed by atoms with Crippen molar-refractivity contribution in [3.63, 3.8) is 0 Å². The topological polar surface area (TPSA) is 78.5 Å². The second-order valence-corrected chi connectivity index (χ2v) is 7.15. The molecule has 0 radical (unpaired) electrons. The molecule has 0 unspecified atom stereocenters. The molecule has 1 heterocycles. The second kappa shape index (κ2) is 9.78. The van der Waals surface area contributed by atoms with Crippen molar-refractivity contribution in [2.45, 2.75) is 6.42 Å². The fraction of sp³-hybridized carbons (Fsp3) is 0.120. The van der Waals surface area contributed by atoms with Crippen LogP contribution in [-0.4, -0.2) is 30.5 Å². The van der Waals surface area contributed by atoms with Crippen molar-refractivity contribution in [2.24, 2.45) is 4.99 Å². The Morgan fingerprint density at radius 2 is 1.78 bits per heavy atom. The van der Waals surface area contributed by atoms with Crippen molar-refractivity contribution in [1.29, 1.82) is 0 Å². The average molecular weight is 430 g/mol. The van der Waals surface area contributed by atoms with Crippen LogP contribution in [0.15, 0.2) is 84.0 Å². The van der Waals surface area contributed by atoms with Crippen LogP contribution in [0, 0.1) is 5.82 Å². The van der Waals surface area contributed by atoms with E-state index in [1.165, 1.54) is 12.1 Å². The standard InChI is InChI=1S/C25H23FN4O2/c1-32-21-12-6-17(7-13-21)24(31)30-25(29-20-10-8-19(26)9-11-20)27-15-14-18-16-28-23-5-3-2-4-22(18)23/h2-13,16,28H,14-15H2,1H3,(H2,27,29,30,31). The van der Waals surface area contributed by atoms with Crippen LogP contribution in [0.25, 0.3) is 10.9 Å². The molecule has 3 N–H and O–H groups in total. The Kier molecular flexibility index (Phi) is 6.46. The lowest BCUT2D eigenvalue weighted by molar-refractivity contribution is 0.0977. The monoisotopic (exact) mass is 430 g/mol. The largest absolute Gasteiger partial charge is 0.497 e. The lowest BCUT2D eigenvalue weighted by Crippen LogP contribution is -2.36. The Hall–Kier alpha value is -4.13. The molecule has 32 heavy (non-hydrogen) atoms. The Morgan fingerprint density at radius 1 is 1.03 bits per heavy atom. The number of methoxy groups -OCH3 is 1. The van der Waals surface area contributed by atoms with Gasteiger partial charge in [-0.1, -0.05) is 18.2 Å². The number of aromatic nitrogens is 1. The van der Waals surface area contributed by atoms with Gasteiger partial charge in [0.2, 0.25) is 5.96 Å². The normalized spacial score (nSPS) is 11.4. The molecule has 4 aromatic rings. The molecule has 0 saturated carbocycles. The van der Waals surface area contributed by atoms with Gasteiger partial charge >= 0.3 is 0 Å². The molecular formula is C25H23FN4O2. The summed E-state index contributed by atoms with van der Waals surface area (Å²) in [6, 6.07) is 20.7. The number of carbonyl (C=O) groups excluding carboxylic acids is 1. The smallest absolute Gasteiger partial charge is 0.257 e.